The first-order valence-electron chi connectivity index (χ1n) is 7.44. The second-order valence-electron chi connectivity index (χ2n) is 5.82. The molecule has 2 heterocycles. The Morgan fingerprint density at radius 3 is 2.50 bits per heavy atom. The van der Waals surface area contributed by atoms with Gasteiger partial charge in [0.25, 0.3) is 5.91 Å². The molecule has 0 atom stereocenters. The molecule has 0 aliphatic carbocycles. The Labute approximate surface area is 144 Å². The number of benzene rings is 2. The van der Waals surface area contributed by atoms with Gasteiger partial charge in [0, 0.05) is 23.4 Å². The van der Waals surface area contributed by atoms with Gasteiger partial charge in [0.05, 0.1) is 17.6 Å². The average molecular weight is 361 g/mol. The van der Waals surface area contributed by atoms with Crippen molar-refractivity contribution in [3.05, 3.63) is 53.3 Å². The predicted molar refractivity (Wildman–Crippen MR) is 85.8 cm³/mol. The van der Waals surface area contributed by atoms with Crippen molar-refractivity contribution < 1.29 is 27.9 Å². The number of hydrogen-bond donors (Lipinski definition) is 1. The molecule has 0 saturated carbocycles. The van der Waals surface area contributed by atoms with Gasteiger partial charge >= 0.3 is 12.1 Å². The van der Waals surface area contributed by atoms with Crippen molar-refractivity contribution in [2.24, 2.45) is 0 Å². The third-order valence-corrected chi connectivity index (χ3v) is 4.39. The maximum Gasteiger partial charge on any atom is 0.434 e. The molecule has 3 aromatic rings. The molecule has 1 aliphatic rings. The Hall–Kier alpha value is -3.36. The number of halogens is 3. The predicted octanol–water partition coefficient (Wildman–Crippen LogP) is 3.33. The summed E-state index contributed by atoms with van der Waals surface area (Å²) in [5, 5.41) is 13.6. The van der Waals surface area contributed by atoms with Crippen molar-refractivity contribution in [2.75, 3.05) is 11.9 Å². The van der Waals surface area contributed by atoms with Crippen molar-refractivity contribution in [1.29, 1.82) is 0 Å². The highest BCUT2D eigenvalue weighted by Crippen LogP contribution is 2.41. The lowest BCUT2D eigenvalue weighted by Gasteiger charge is -2.15. The third-order valence-electron chi connectivity index (χ3n) is 4.39. The number of aromatic nitrogens is 2. The van der Waals surface area contributed by atoms with Gasteiger partial charge in [0.1, 0.15) is 5.56 Å². The van der Waals surface area contributed by atoms with Gasteiger partial charge in [-0.1, -0.05) is 12.1 Å². The van der Waals surface area contributed by atoms with Crippen molar-refractivity contribution in [2.45, 2.75) is 6.18 Å². The molecule has 4 rings (SSSR count). The maximum atomic E-state index is 13.5. The molecule has 1 aromatic heterocycles. The van der Waals surface area contributed by atoms with Crippen molar-refractivity contribution in [3.63, 3.8) is 0 Å². The van der Waals surface area contributed by atoms with E-state index in [-0.39, 0.29) is 11.6 Å². The van der Waals surface area contributed by atoms with E-state index in [9.17, 15) is 22.8 Å². The van der Waals surface area contributed by atoms with Gasteiger partial charge in [0.2, 0.25) is 0 Å². The lowest BCUT2D eigenvalue weighted by Crippen LogP contribution is -2.20. The van der Waals surface area contributed by atoms with Crippen LogP contribution in [0.15, 0.2) is 36.5 Å². The summed E-state index contributed by atoms with van der Waals surface area (Å²) >= 11 is 0. The van der Waals surface area contributed by atoms with Crippen molar-refractivity contribution >= 4 is 28.3 Å². The number of carboxylic acid groups (broad SMARTS) is 1. The van der Waals surface area contributed by atoms with E-state index in [2.05, 4.69) is 5.10 Å². The number of amides is 1. The number of carbonyl (C=O) groups is 2. The first-order valence-corrected chi connectivity index (χ1v) is 7.44. The number of hydrogen-bond acceptors (Lipinski definition) is 3. The molecule has 1 aliphatic heterocycles. The standard InChI is InChI=1S/C17H10F3N3O3/c1-22-12-6-5-11(8-3-2-4-9(13(8)12)15(22)24)23-14(17(18,19)20)10(7-21-23)16(25)26/h2-7H,1H3,(H,25,26). The molecule has 0 unspecified atom stereocenters. The van der Waals surface area contributed by atoms with Crippen molar-refractivity contribution in [1.82, 2.24) is 9.78 Å². The first kappa shape index (κ1) is 16.1. The highest BCUT2D eigenvalue weighted by molar-refractivity contribution is 6.25. The second-order valence-corrected chi connectivity index (χ2v) is 5.82. The van der Waals surface area contributed by atoms with E-state index in [0.717, 1.165) is 0 Å². The summed E-state index contributed by atoms with van der Waals surface area (Å²) in [5.74, 6) is -1.98. The minimum Gasteiger partial charge on any atom is -0.478 e. The summed E-state index contributed by atoms with van der Waals surface area (Å²) < 4.78 is 41.1. The number of aromatic carboxylic acids is 1. The van der Waals surface area contributed by atoms with Crippen LogP contribution >= 0.6 is 0 Å². The third kappa shape index (κ3) is 2.03. The van der Waals surface area contributed by atoms with E-state index in [1.165, 1.54) is 17.0 Å². The maximum absolute atomic E-state index is 13.5. The molecule has 0 spiro atoms. The van der Waals surface area contributed by atoms with E-state index >= 15 is 0 Å². The van der Waals surface area contributed by atoms with Crippen LogP contribution in [-0.2, 0) is 6.18 Å². The number of nitrogens with zero attached hydrogens (tertiary/aromatic N) is 3. The Bertz CT molecular complexity index is 1100. The minimum absolute atomic E-state index is 0.0496. The molecule has 26 heavy (non-hydrogen) atoms. The summed E-state index contributed by atoms with van der Waals surface area (Å²) in [5.41, 5.74) is -1.31. The van der Waals surface area contributed by atoms with Gasteiger partial charge in [-0.25, -0.2) is 9.48 Å². The summed E-state index contributed by atoms with van der Waals surface area (Å²) in [6.45, 7) is 0. The Morgan fingerprint density at radius 1 is 1.15 bits per heavy atom. The van der Waals surface area contributed by atoms with Crippen LogP contribution in [0.3, 0.4) is 0 Å². The van der Waals surface area contributed by atoms with Gasteiger partial charge < -0.3 is 10.0 Å². The van der Waals surface area contributed by atoms with E-state index in [4.69, 9.17) is 5.11 Å². The van der Waals surface area contributed by atoms with E-state index in [1.807, 2.05) is 0 Å². The van der Waals surface area contributed by atoms with Crippen LogP contribution in [0.4, 0.5) is 18.9 Å². The zero-order valence-electron chi connectivity index (χ0n) is 13.2. The number of anilines is 1. The monoisotopic (exact) mass is 361 g/mol. The summed E-state index contributed by atoms with van der Waals surface area (Å²) in [6, 6.07) is 7.65. The lowest BCUT2D eigenvalue weighted by atomic mass is 10.0. The van der Waals surface area contributed by atoms with E-state index < -0.39 is 23.4 Å². The molecular formula is C17H10F3N3O3. The quantitative estimate of drug-likeness (QED) is 0.760. The van der Waals surface area contributed by atoms with Crippen LogP contribution in [0.5, 0.6) is 0 Å². The largest absolute Gasteiger partial charge is 0.478 e. The molecule has 0 radical (unpaired) electrons. The topological polar surface area (TPSA) is 75.4 Å². The van der Waals surface area contributed by atoms with Gasteiger partial charge in [-0.2, -0.15) is 18.3 Å². The SMILES string of the molecule is CN1C(=O)c2cccc3c(-n4ncc(C(=O)O)c4C(F)(F)F)ccc1c23. The van der Waals surface area contributed by atoms with Gasteiger partial charge in [0.15, 0.2) is 5.69 Å². The average Bonchev–Trinajstić information content (AvgIpc) is 3.13. The Morgan fingerprint density at radius 2 is 1.85 bits per heavy atom. The molecule has 1 N–H and O–H groups in total. The van der Waals surface area contributed by atoms with E-state index in [1.54, 1.807) is 25.2 Å². The fourth-order valence-corrected chi connectivity index (χ4v) is 3.27. The highest BCUT2D eigenvalue weighted by atomic mass is 19.4. The lowest BCUT2D eigenvalue weighted by molar-refractivity contribution is -0.143. The zero-order chi connectivity index (χ0) is 18.8. The van der Waals surface area contributed by atoms with Crippen LogP contribution < -0.4 is 4.90 Å². The van der Waals surface area contributed by atoms with Crippen LogP contribution in [0, 0.1) is 0 Å². The molecule has 132 valence electrons. The highest BCUT2D eigenvalue weighted by Gasteiger charge is 2.41. The Balaban J connectivity index is 2.08. The molecule has 1 amide bonds. The fourth-order valence-electron chi connectivity index (χ4n) is 3.27. The Kier molecular flexibility index (Phi) is 3.15. The molecule has 0 fully saturated rings. The fraction of sp³-hybridized carbons (Fsp3) is 0.118. The first-order chi connectivity index (χ1) is 12.2. The molecule has 2 aromatic carbocycles. The molecule has 9 heteroatoms. The van der Waals surface area contributed by atoms with Crippen LogP contribution in [0.2, 0.25) is 0 Å². The smallest absolute Gasteiger partial charge is 0.434 e. The zero-order valence-corrected chi connectivity index (χ0v) is 13.2. The molecule has 0 bridgehead atoms. The van der Waals surface area contributed by atoms with Gasteiger partial charge in [-0.05, 0) is 18.2 Å². The van der Waals surface area contributed by atoms with Crippen LogP contribution in [0.25, 0.3) is 16.5 Å². The van der Waals surface area contributed by atoms with Gasteiger partial charge in [-0.3, -0.25) is 4.79 Å². The normalized spacial score (nSPS) is 13.7. The van der Waals surface area contributed by atoms with Crippen LogP contribution in [0.1, 0.15) is 26.4 Å². The van der Waals surface area contributed by atoms with E-state index in [0.29, 0.717) is 32.9 Å². The van der Waals surface area contributed by atoms with Gasteiger partial charge in [-0.15, -0.1) is 0 Å². The summed E-state index contributed by atoms with van der Waals surface area (Å²) in [4.78, 5) is 24.9. The molecule has 0 saturated heterocycles. The summed E-state index contributed by atoms with van der Waals surface area (Å²) in [6.07, 6.45) is -4.24. The number of carboxylic acids is 1. The molecular weight excluding hydrogens is 351 g/mol. The number of carbonyl (C=O) groups excluding carboxylic acids is 1. The number of alkyl halides is 3. The van der Waals surface area contributed by atoms with Crippen molar-refractivity contribution in [3.8, 4) is 5.69 Å². The van der Waals surface area contributed by atoms with Crippen LogP contribution in [-0.4, -0.2) is 33.8 Å². The summed E-state index contributed by atoms with van der Waals surface area (Å²) in [7, 11) is 1.58. The number of rotatable bonds is 2. The molecule has 6 nitrogen and oxygen atoms in total. The second kappa shape index (κ2) is 5.07. The minimum atomic E-state index is -4.92.